The summed E-state index contributed by atoms with van der Waals surface area (Å²) in [4.78, 5) is 28.1. The van der Waals surface area contributed by atoms with Gasteiger partial charge in [0, 0.05) is 10.6 Å². The molecule has 0 radical (unpaired) electrons. The van der Waals surface area contributed by atoms with Crippen molar-refractivity contribution in [1.82, 2.24) is 10.3 Å². The summed E-state index contributed by atoms with van der Waals surface area (Å²) in [6.45, 7) is 0. The van der Waals surface area contributed by atoms with Crippen LogP contribution in [0.25, 0.3) is 10.2 Å². The predicted octanol–water partition coefficient (Wildman–Crippen LogP) is 3.86. The molecule has 1 heterocycles. The Morgan fingerprint density at radius 1 is 1.19 bits per heavy atom. The number of hydrogen-bond donors (Lipinski definition) is 2. The van der Waals surface area contributed by atoms with E-state index in [0.29, 0.717) is 26.8 Å². The number of anilines is 1. The van der Waals surface area contributed by atoms with Crippen LogP contribution < -0.4 is 10.6 Å². The van der Waals surface area contributed by atoms with E-state index in [0.717, 1.165) is 4.70 Å². The Balaban J connectivity index is 1.71. The van der Waals surface area contributed by atoms with Crippen LogP contribution in [0.5, 0.6) is 0 Å². The molecule has 1 aromatic heterocycles. The zero-order valence-electron chi connectivity index (χ0n) is 13.4. The van der Waals surface area contributed by atoms with Crippen LogP contribution in [0, 0.1) is 0 Å². The molecule has 1 amide bonds. The summed E-state index contributed by atoms with van der Waals surface area (Å²) in [7, 11) is 1.33. The average molecular weight is 406 g/mol. The van der Waals surface area contributed by atoms with E-state index in [-0.39, 0.29) is 11.0 Å². The van der Waals surface area contributed by atoms with Crippen molar-refractivity contribution in [2.75, 3.05) is 12.4 Å². The van der Waals surface area contributed by atoms with Gasteiger partial charge in [-0.05, 0) is 48.6 Å². The van der Waals surface area contributed by atoms with Gasteiger partial charge in [-0.2, -0.15) is 0 Å². The summed E-state index contributed by atoms with van der Waals surface area (Å²) in [5.41, 5.74) is 1.54. The Bertz CT molecular complexity index is 1020. The number of carbonyl (C=O) groups is 2. The fraction of sp³-hybridized carbons (Fsp3) is 0.0588. The van der Waals surface area contributed by atoms with Crippen molar-refractivity contribution < 1.29 is 14.3 Å². The van der Waals surface area contributed by atoms with Crippen molar-refractivity contribution in [3.05, 3.63) is 58.6 Å². The standard InChI is InChI=1S/C17H12ClN3O3S2/c1-24-15(23)10-5-6-12-13(8-10)26-17(19-12)21-16(25)20-14(22)9-3-2-4-11(18)7-9/h2-8H,1H3,(H2,19,20,21,22,25). The quantitative estimate of drug-likeness (QED) is 0.508. The number of ether oxygens (including phenoxy) is 1. The van der Waals surface area contributed by atoms with Crippen LogP contribution in [0.3, 0.4) is 0 Å². The fourth-order valence-electron chi connectivity index (χ4n) is 2.16. The van der Waals surface area contributed by atoms with Crippen molar-refractivity contribution in [3.8, 4) is 0 Å². The van der Waals surface area contributed by atoms with Crippen molar-refractivity contribution in [1.29, 1.82) is 0 Å². The Kier molecular flexibility index (Phi) is 5.46. The molecular formula is C17H12ClN3O3S2. The van der Waals surface area contributed by atoms with E-state index in [2.05, 4.69) is 15.6 Å². The van der Waals surface area contributed by atoms with Gasteiger partial charge in [-0.1, -0.05) is 29.0 Å². The topological polar surface area (TPSA) is 80.3 Å². The van der Waals surface area contributed by atoms with E-state index < -0.39 is 5.97 Å². The number of thiocarbonyl (C=S) groups is 1. The molecule has 3 rings (SSSR count). The fourth-order valence-corrected chi connectivity index (χ4v) is 3.51. The van der Waals surface area contributed by atoms with Gasteiger partial charge >= 0.3 is 5.97 Å². The number of thiazole rings is 1. The molecule has 3 aromatic rings. The molecule has 26 heavy (non-hydrogen) atoms. The minimum absolute atomic E-state index is 0.113. The van der Waals surface area contributed by atoms with Gasteiger partial charge in [0.05, 0.1) is 22.9 Å². The summed E-state index contributed by atoms with van der Waals surface area (Å²) in [6, 6.07) is 11.6. The second-order valence-corrected chi connectivity index (χ2v) is 6.99. The number of aromatic nitrogens is 1. The molecule has 9 heteroatoms. The summed E-state index contributed by atoms with van der Waals surface area (Å²) in [5, 5.41) is 6.51. The average Bonchev–Trinajstić information content (AvgIpc) is 3.01. The van der Waals surface area contributed by atoms with Gasteiger partial charge in [-0.15, -0.1) is 0 Å². The number of benzene rings is 2. The molecule has 0 saturated carbocycles. The maximum Gasteiger partial charge on any atom is 0.337 e. The second-order valence-electron chi connectivity index (χ2n) is 5.11. The van der Waals surface area contributed by atoms with Gasteiger partial charge in [0.2, 0.25) is 0 Å². The molecule has 0 bridgehead atoms. The number of nitrogens with zero attached hydrogens (tertiary/aromatic N) is 1. The number of carbonyl (C=O) groups excluding carboxylic acids is 2. The van der Waals surface area contributed by atoms with Crippen molar-refractivity contribution in [2.45, 2.75) is 0 Å². The van der Waals surface area contributed by atoms with Crippen LogP contribution in [0.4, 0.5) is 5.13 Å². The highest BCUT2D eigenvalue weighted by Gasteiger charge is 2.12. The van der Waals surface area contributed by atoms with Gasteiger partial charge < -0.3 is 10.1 Å². The van der Waals surface area contributed by atoms with E-state index in [9.17, 15) is 9.59 Å². The minimum Gasteiger partial charge on any atom is -0.465 e. The van der Waals surface area contributed by atoms with Gasteiger partial charge in [-0.25, -0.2) is 9.78 Å². The van der Waals surface area contributed by atoms with E-state index in [1.807, 2.05) is 0 Å². The summed E-state index contributed by atoms with van der Waals surface area (Å²) in [6.07, 6.45) is 0. The van der Waals surface area contributed by atoms with Gasteiger partial charge in [0.1, 0.15) is 0 Å². The number of esters is 1. The van der Waals surface area contributed by atoms with E-state index >= 15 is 0 Å². The Hall–Kier alpha value is -2.55. The third-order valence-corrected chi connectivity index (χ3v) is 4.72. The molecule has 0 aliphatic carbocycles. The Labute approximate surface area is 163 Å². The lowest BCUT2D eigenvalue weighted by atomic mass is 10.2. The molecule has 2 aromatic carbocycles. The molecule has 2 N–H and O–H groups in total. The minimum atomic E-state index is -0.417. The molecule has 0 aliphatic rings. The third-order valence-electron chi connectivity index (χ3n) is 3.34. The molecule has 0 fully saturated rings. The third kappa shape index (κ3) is 4.16. The van der Waals surface area contributed by atoms with E-state index in [4.69, 9.17) is 28.6 Å². The monoisotopic (exact) mass is 405 g/mol. The van der Waals surface area contributed by atoms with Crippen LogP contribution in [-0.4, -0.2) is 29.1 Å². The highest BCUT2D eigenvalue weighted by Crippen LogP contribution is 2.27. The first-order valence-corrected chi connectivity index (χ1v) is 8.93. The van der Waals surface area contributed by atoms with Gasteiger partial charge in [0.15, 0.2) is 10.2 Å². The lowest BCUT2D eigenvalue weighted by Crippen LogP contribution is -2.34. The number of rotatable bonds is 3. The predicted molar refractivity (Wildman–Crippen MR) is 106 cm³/mol. The first-order valence-electron chi connectivity index (χ1n) is 7.33. The molecule has 0 unspecified atom stereocenters. The van der Waals surface area contributed by atoms with E-state index in [1.54, 1.807) is 42.5 Å². The van der Waals surface area contributed by atoms with Crippen LogP contribution in [-0.2, 0) is 4.74 Å². The van der Waals surface area contributed by atoms with Gasteiger partial charge in [0.25, 0.3) is 5.91 Å². The van der Waals surface area contributed by atoms with Crippen molar-refractivity contribution in [2.24, 2.45) is 0 Å². The van der Waals surface area contributed by atoms with Crippen LogP contribution in [0.2, 0.25) is 5.02 Å². The Morgan fingerprint density at radius 3 is 2.73 bits per heavy atom. The number of nitrogens with one attached hydrogen (secondary N) is 2. The van der Waals surface area contributed by atoms with Crippen LogP contribution in [0.15, 0.2) is 42.5 Å². The van der Waals surface area contributed by atoms with Crippen LogP contribution in [0.1, 0.15) is 20.7 Å². The molecule has 0 spiro atoms. The largest absolute Gasteiger partial charge is 0.465 e. The maximum atomic E-state index is 12.2. The molecular weight excluding hydrogens is 394 g/mol. The molecule has 0 saturated heterocycles. The zero-order valence-corrected chi connectivity index (χ0v) is 15.8. The number of hydrogen-bond acceptors (Lipinski definition) is 6. The lowest BCUT2D eigenvalue weighted by Gasteiger charge is -2.07. The summed E-state index contributed by atoms with van der Waals surface area (Å²) < 4.78 is 5.49. The van der Waals surface area contributed by atoms with E-state index in [1.165, 1.54) is 18.4 Å². The molecule has 132 valence electrons. The van der Waals surface area contributed by atoms with Crippen molar-refractivity contribution >= 4 is 67.5 Å². The number of methoxy groups -OCH3 is 1. The first-order chi connectivity index (χ1) is 12.5. The van der Waals surface area contributed by atoms with Crippen LogP contribution >= 0.6 is 35.2 Å². The number of fused-ring (bicyclic) bond motifs is 1. The zero-order chi connectivity index (χ0) is 18.7. The Morgan fingerprint density at radius 2 is 2.00 bits per heavy atom. The normalized spacial score (nSPS) is 10.4. The highest BCUT2D eigenvalue weighted by molar-refractivity contribution is 7.80. The second kappa shape index (κ2) is 7.77. The lowest BCUT2D eigenvalue weighted by molar-refractivity contribution is 0.0601. The van der Waals surface area contributed by atoms with Crippen molar-refractivity contribution in [3.63, 3.8) is 0 Å². The smallest absolute Gasteiger partial charge is 0.337 e. The maximum absolute atomic E-state index is 12.2. The highest BCUT2D eigenvalue weighted by atomic mass is 35.5. The summed E-state index contributed by atoms with van der Waals surface area (Å²) >= 11 is 12.3. The number of halogens is 1. The van der Waals surface area contributed by atoms with Gasteiger partial charge in [-0.3, -0.25) is 10.1 Å². The molecule has 6 nitrogen and oxygen atoms in total. The number of amides is 1. The summed E-state index contributed by atoms with van der Waals surface area (Å²) in [5.74, 6) is -0.793. The molecule has 0 aliphatic heterocycles. The first kappa shape index (κ1) is 18.2. The SMILES string of the molecule is COC(=O)c1ccc2nc(NC(=S)NC(=O)c3cccc(Cl)c3)sc2c1. The molecule has 0 atom stereocenters.